The standard InChI is InChI=1S/C20H21N.C13H18O2/c1-21(2)15-7-12-20-18-10-5-3-8-16(18)13-14-17-9-4-6-11-19(17)20;1-9(2)8-11-4-6-12(7-5-11)10(3)13(14)15/h3-6,8-14H,7,15H2,1-2H3;4-7,9-10H,8H2,1-3H3,(H,14,15)/t;10-/m.0/s1. The summed E-state index contributed by atoms with van der Waals surface area (Å²) in [5.41, 5.74) is 8.75. The van der Waals surface area contributed by atoms with Gasteiger partial charge in [0.05, 0.1) is 5.92 Å². The molecule has 0 saturated heterocycles. The van der Waals surface area contributed by atoms with Crippen molar-refractivity contribution in [3.63, 3.8) is 0 Å². The zero-order chi connectivity index (χ0) is 26.1. The van der Waals surface area contributed by atoms with Crippen molar-refractivity contribution in [2.45, 2.75) is 39.5 Å². The Morgan fingerprint density at radius 3 is 1.83 bits per heavy atom. The highest BCUT2D eigenvalue weighted by Gasteiger charge is 2.14. The first-order valence-electron chi connectivity index (χ1n) is 12.8. The first-order valence-corrected chi connectivity index (χ1v) is 12.8. The number of hydrogen-bond donors (Lipinski definition) is 1. The quantitative estimate of drug-likeness (QED) is 0.295. The van der Waals surface area contributed by atoms with Crippen molar-refractivity contribution < 1.29 is 9.90 Å². The number of carbonyl (C=O) groups is 1. The van der Waals surface area contributed by atoms with E-state index in [4.69, 9.17) is 5.11 Å². The number of carboxylic acid groups (broad SMARTS) is 1. The number of hydrogen-bond acceptors (Lipinski definition) is 2. The molecule has 1 aliphatic carbocycles. The van der Waals surface area contributed by atoms with Crippen molar-refractivity contribution in [1.82, 2.24) is 4.90 Å². The maximum absolute atomic E-state index is 10.8. The van der Waals surface area contributed by atoms with E-state index in [2.05, 4.69) is 99.6 Å². The summed E-state index contributed by atoms with van der Waals surface area (Å²) in [6, 6.07) is 25.2. The second-order valence-electron chi connectivity index (χ2n) is 10.1. The summed E-state index contributed by atoms with van der Waals surface area (Å²) in [5.74, 6) is -0.558. The Balaban J connectivity index is 0.000000214. The highest BCUT2D eigenvalue weighted by atomic mass is 16.4. The molecule has 0 aliphatic heterocycles. The molecule has 3 nitrogen and oxygen atoms in total. The summed E-state index contributed by atoms with van der Waals surface area (Å²) in [6.45, 7) is 7.13. The molecule has 0 unspecified atom stereocenters. The largest absolute Gasteiger partial charge is 0.481 e. The van der Waals surface area contributed by atoms with E-state index >= 15 is 0 Å². The smallest absolute Gasteiger partial charge is 0.310 e. The van der Waals surface area contributed by atoms with Gasteiger partial charge in [0, 0.05) is 6.54 Å². The lowest BCUT2D eigenvalue weighted by Gasteiger charge is -2.13. The van der Waals surface area contributed by atoms with Crippen LogP contribution in [0.25, 0.3) is 17.7 Å². The van der Waals surface area contributed by atoms with Crippen LogP contribution in [0.1, 0.15) is 66.5 Å². The van der Waals surface area contributed by atoms with E-state index in [0.29, 0.717) is 5.92 Å². The zero-order valence-corrected chi connectivity index (χ0v) is 22.2. The molecule has 3 aromatic carbocycles. The summed E-state index contributed by atoms with van der Waals surface area (Å²) in [7, 11) is 4.24. The molecular formula is C33H39NO2. The molecule has 0 spiro atoms. The summed E-state index contributed by atoms with van der Waals surface area (Å²) in [4.78, 5) is 13.0. The molecule has 1 N–H and O–H groups in total. The minimum atomic E-state index is -0.772. The molecule has 0 heterocycles. The van der Waals surface area contributed by atoms with Gasteiger partial charge in [0.2, 0.25) is 0 Å². The van der Waals surface area contributed by atoms with Crippen LogP contribution in [0.4, 0.5) is 0 Å². The second kappa shape index (κ2) is 13.0. The second-order valence-corrected chi connectivity index (χ2v) is 10.1. The minimum absolute atomic E-state index is 0.418. The number of benzene rings is 3. The van der Waals surface area contributed by atoms with Gasteiger partial charge < -0.3 is 10.0 Å². The maximum atomic E-state index is 10.8. The van der Waals surface area contributed by atoms with Crippen molar-refractivity contribution in [3.8, 4) is 0 Å². The fourth-order valence-corrected chi connectivity index (χ4v) is 4.34. The summed E-state index contributed by atoms with van der Waals surface area (Å²) in [5, 5.41) is 8.85. The third-order valence-electron chi connectivity index (χ3n) is 6.36. The van der Waals surface area contributed by atoms with Gasteiger partial charge in [-0.2, -0.15) is 0 Å². The van der Waals surface area contributed by atoms with Crippen LogP contribution in [0, 0.1) is 5.92 Å². The predicted molar refractivity (Wildman–Crippen MR) is 153 cm³/mol. The van der Waals surface area contributed by atoms with E-state index < -0.39 is 11.9 Å². The molecule has 3 heteroatoms. The number of nitrogens with zero attached hydrogens (tertiary/aromatic N) is 1. The Kier molecular flexibility index (Phi) is 9.84. The minimum Gasteiger partial charge on any atom is -0.481 e. The van der Waals surface area contributed by atoms with Crippen LogP contribution < -0.4 is 0 Å². The van der Waals surface area contributed by atoms with Gasteiger partial charge in [-0.15, -0.1) is 0 Å². The van der Waals surface area contributed by atoms with Gasteiger partial charge in [0.25, 0.3) is 0 Å². The Morgan fingerprint density at radius 1 is 0.833 bits per heavy atom. The average Bonchev–Trinajstić information content (AvgIpc) is 3.01. The van der Waals surface area contributed by atoms with Crippen molar-refractivity contribution in [2.24, 2.45) is 5.92 Å². The van der Waals surface area contributed by atoms with Crippen LogP contribution in [0.3, 0.4) is 0 Å². The van der Waals surface area contributed by atoms with Crippen molar-refractivity contribution in [2.75, 3.05) is 20.6 Å². The number of aliphatic carboxylic acids is 1. The summed E-state index contributed by atoms with van der Waals surface area (Å²) < 4.78 is 0. The van der Waals surface area contributed by atoms with E-state index in [1.54, 1.807) is 6.92 Å². The fourth-order valence-electron chi connectivity index (χ4n) is 4.34. The van der Waals surface area contributed by atoms with Gasteiger partial charge in [0.15, 0.2) is 0 Å². The topological polar surface area (TPSA) is 40.5 Å². The van der Waals surface area contributed by atoms with Crippen molar-refractivity contribution >= 4 is 23.7 Å². The van der Waals surface area contributed by atoms with Crippen molar-refractivity contribution in [3.05, 3.63) is 112 Å². The molecule has 0 saturated carbocycles. The van der Waals surface area contributed by atoms with Gasteiger partial charge in [-0.25, -0.2) is 0 Å². The first-order chi connectivity index (χ1) is 17.3. The highest BCUT2D eigenvalue weighted by Crippen LogP contribution is 2.33. The van der Waals surface area contributed by atoms with Crippen LogP contribution in [0.15, 0.2) is 78.9 Å². The number of carboxylic acids is 1. The normalized spacial score (nSPS) is 12.8. The molecular weight excluding hydrogens is 442 g/mol. The van der Waals surface area contributed by atoms with E-state index in [1.165, 1.54) is 33.4 Å². The van der Waals surface area contributed by atoms with Gasteiger partial charge in [-0.3, -0.25) is 4.79 Å². The SMILES string of the molecule is CC(C)Cc1ccc([C@H](C)C(=O)O)cc1.CN(C)CCC=C1c2ccccc2C=Cc2ccccc21. The van der Waals surface area contributed by atoms with Gasteiger partial charge >= 0.3 is 5.97 Å². The van der Waals surface area contributed by atoms with E-state index in [-0.39, 0.29) is 0 Å². The monoisotopic (exact) mass is 481 g/mol. The molecule has 4 rings (SSSR count). The third-order valence-corrected chi connectivity index (χ3v) is 6.36. The molecule has 0 radical (unpaired) electrons. The molecule has 1 aliphatic rings. The molecule has 36 heavy (non-hydrogen) atoms. The van der Waals surface area contributed by atoms with E-state index in [0.717, 1.165) is 24.9 Å². The Hall–Kier alpha value is -3.43. The molecule has 0 aromatic heterocycles. The third kappa shape index (κ3) is 7.53. The van der Waals surface area contributed by atoms with Crippen LogP contribution in [-0.4, -0.2) is 36.6 Å². The molecule has 3 aromatic rings. The van der Waals surface area contributed by atoms with Gasteiger partial charge in [-0.1, -0.05) is 105 Å². The molecule has 1 atom stereocenters. The van der Waals surface area contributed by atoms with Gasteiger partial charge in [0.1, 0.15) is 0 Å². The number of fused-ring (bicyclic) bond motifs is 2. The average molecular weight is 482 g/mol. The highest BCUT2D eigenvalue weighted by molar-refractivity contribution is 5.93. The summed E-state index contributed by atoms with van der Waals surface area (Å²) in [6.07, 6.45) is 8.93. The lowest BCUT2D eigenvalue weighted by Crippen LogP contribution is -2.12. The van der Waals surface area contributed by atoms with Gasteiger partial charge in [-0.05, 0) is 78.7 Å². The fraction of sp³-hybridized carbons (Fsp3) is 0.303. The summed E-state index contributed by atoms with van der Waals surface area (Å²) >= 11 is 0. The Bertz CT molecular complexity index is 1150. The Morgan fingerprint density at radius 2 is 1.36 bits per heavy atom. The lowest BCUT2D eigenvalue weighted by atomic mass is 9.93. The van der Waals surface area contributed by atoms with E-state index in [9.17, 15) is 4.79 Å². The molecule has 0 fully saturated rings. The maximum Gasteiger partial charge on any atom is 0.310 e. The van der Waals surface area contributed by atoms with E-state index in [1.807, 2.05) is 24.3 Å². The van der Waals surface area contributed by atoms with Crippen LogP contribution >= 0.6 is 0 Å². The lowest BCUT2D eigenvalue weighted by molar-refractivity contribution is -0.138. The van der Waals surface area contributed by atoms with Crippen molar-refractivity contribution in [1.29, 1.82) is 0 Å². The molecule has 188 valence electrons. The number of rotatable bonds is 7. The molecule has 0 bridgehead atoms. The Labute approximate surface area is 216 Å². The van der Waals surface area contributed by atoms with Crippen LogP contribution in [-0.2, 0) is 11.2 Å². The zero-order valence-electron chi connectivity index (χ0n) is 22.2. The predicted octanol–water partition coefficient (Wildman–Crippen LogP) is 7.63. The molecule has 0 amide bonds. The van der Waals surface area contributed by atoms with Crippen LogP contribution in [0.5, 0.6) is 0 Å². The van der Waals surface area contributed by atoms with Crippen LogP contribution in [0.2, 0.25) is 0 Å². The first kappa shape index (κ1) is 27.2.